The summed E-state index contributed by atoms with van der Waals surface area (Å²) in [6, 6.07) is 10.8. The van der Waals surface area contributed by atoms with E-state index in [9.17, 15) is 4.79 Å². The van der Waals surface area contributed by atoms with Crippen LogP contribution < -0.4 is 18.9 Å². The summed E-state index contributed by atoms with van der Waals surface area (Å²) in [5.74, 6) is 2.17. The van der Waals surface area contributed by atoms with Crippen molar-refractivity contribution in [2.45, 2.75) is 6.92 Å². The molecule has 31 heavy (non-hydrogen) atoms. The molecular weight excluding hydrogens is 458 g/mol. The number of nitrogens with zero attached hydrogens (tertiary/aromatic N) is 1. The predicted octanol–water partition coefficient (Wildman–Crippen LogP) is 5.04. The molecule has 1 aliphatic rings. The summed E-state index contributed by atoms with van der Waals surface area (Å²) in [6.07, 6.45) is 1.75. The van der Waals surface area contributed by atoms with Crippen LogP contribution >= 0.6 is 35.6 Å². The number of hydrogen-bond donors (Lipinski definition) is 0. The van der Waals surface area contributed by atoms with Gasteiger partial charge in [0.2, 0.25) is 0 Å². The van der Waals surface area contributed by atoms with Gasteiger partial charge in [-0.05, 0) is 42.8 Å². The number of carbonyl (C=O) groups is 1. The molecule has 0 bridgehead atoms. The molecule has 6 nitrogen and oxygen atoms in total. The van der Waals surface area contributed by atoms with E-state index in [4.69, 9.17) is 42.8 Å². The SMILES string of the molecule is CCN1C(=O)/C(=C\c2cc(Cl)c(OCCOc3cccc(OC)c3)c(OC)c2)SC1=S. The molecule has 0 atom stereocenters. The Labute approximate surface area is 196 Å². The Morgan fingerprint density at radius 3 is 2.52 bits per heavy atom. The topological polar surface area (TPSA) is 57.2 Å². The minimum Gasteiger partial charge on any atom is -0.497 e. The van der Waals surface area contributed by atoms with Gasteiger partial charge in [0.15, 0.2) is 11.5 Å². The van der Waals surface area contributed by atoms with Crippen LogP contribution in [0.15, 0.2) is 41.3 Å². The molecule has 0 unspecified atom stereocenters. The maximum absolute atomic E-state index is 12.4. The van der Waals surface area contributed by atoms with E-state index in [2.05, 4.69) is 0 Å². The third-order valence-electron chi connectivity index (χ3n) is 4.38. The second-order valence-corrected chi connectivity index (χ2v) is 8.42. The summed E-state index contributed by atoms with van der Waals surface area (Å²) in [5.41, 5.74) is 0.721. The van der Waals surface area contributed by atoms with Crippen molar-refractivity contribution in [3.8, 4) is 23.0 Å². The van der Waals surface area contributed by atoms with Crippen molar-refractivity contribution in [1.29, 1.82) is 0 Å². The molecule has 2 aromatic carbocycles. The highest BCUT2D eigenvalue weighted by Crippen LogP contribution is 2.39. The van der Waals surface area contributed by atoms with Gasteiger partial charge >= 0.3 is 0 Å². The Hall–Kier alpha value is -2.42. The zero-order valence-corrected chi connectivity index (χ0v) is 19.7. The van der Waals surface area contributed by atoms with Crippen LogP contribution in [0.1, 0.15) is 12.5 Å². The summed E-state index contributed by atoms with van der Waals surface area (Å²) in [4.78, 5) is 14.5. The van der Waals surface area contributed by atoms with Crippen LogP contribution in [0.3, 0.4) is 0 Å². The summed E-state index contributed by atoms with van der Waals surface area (Å²) in [5, 5.41) is 0.373. The molecule has 1 amide bonds. The number of carbonyl (C=O) groups excluding carboxylic acids is 1. The summed E-state index contributed by atoms with van der Waals surface area (Å²) >= 11 is 13.0. The van der Waals surface area contributed by atoms with Gasteiger partial charge in [0.05, 0.1) is 24.1 Å². The van der Waals surface area contributed by atoms with Crippen LogP contribution in [0.2, 0.25) is 5.02 Å². The molecule has 164 valence electrons. The number of ether oxygens (including phenoxy) is 4. The molecule has 3 rings (SSSR count). The van der Waals surface area contributed by atoms with Crippen molar-refractivity contribution in [3.05, 3.63) is 51.9 Å². The highest BCUT2D eigenvalue weighted by molar-refractivity contribution is 8.26. The lowest BCUT2D eigenvalue weighted by Crippen LogP contribution is -2.27. The number of hydrogen-bond acceptors (Lipinski definition) is 7. The van der Waals surface area contributed by atoms with Crippen LogP contribution in [0.25, 0.3) is 6.08 Å². The lowest BCUT2D eigenvalue weighted by molar-refractivity contribution is -0.121. The molecule has 1 aliphatic heterocycles. The first-order chi connectivity index (χ1) is 15.0. The Balaban J connectivity index is 1.67. The number of benzene rings is 2. The molecule has 9 heteroatoms. The zero-order valence-electron chi connectivity index (χ0n) is 17.3. The van der Waals surface area contributed by atoms with E-state index in [1.165, 1.54) is 18.9 Å². The lowest BCUT2D eigenvalue weighted by atomic mass is 10.1. The van der Waals surface area contributed by atoms with Crippen molar-refractivity contribution < 1.29 is 23.7 Å². The lowest BCUT2D eigenvalue weighted by Gasteiger charge is -2.14. The third kappa shape index (κ3) is 5.64. The average Bonchev–Trinajstić information content (AvgIpc) is 3.04. The number of methoxy groups -OCH3 is 2. The fourth-order valence-electron chi connectivity index (χ4n) is 2.88. The van der Waals surface area contributed by atoms with Crippen LogP contribution in [-0.2, 0) is 4.79 Å². The van der Waals surface area contributed by atoms with Gasteiger partial charge in [-0.2, -0.15) is 0 Å². The molecule has 1 fully saturated rings. The molecule has 0 N–H and O–H groups in total. The van der Waals surface area contributed by atoms with Crippen molar-refractivity contribution in [1.82, 2.24) is 4.90 Å². The smallest absolute Gasteiger partial charge is 0.266 e. The Morgan fingerprint density at radius 2 is 1.84 bits per heavy atom. The highest BCUT2D eigenvalue weighted by atomic mass is 35.5. The normalized spacial score (nSPS) is 14.8. The Bertz CT molecular complexity index is 1010. The maximum atomic E-state index is 12.4. The summed E-state index contributed by atoms with van der Waals surface area (Å²) in [6.45, 7) is 3.00. The predicted molar refractivity (Wildman–Crippen MR) is 128 cm³/mol. The van der Waals surface area contributed by atoms with Crippen molar-refractivity contribution in [3.63, 3.8) is 0 Å². The molecule has 2 aromatic rings. The fraction of sp³-hybridized carbons (Fsp3) is 0.273. The molecule has 1 heterocycles. The van der Waals surface area contributed by atoms with E-state index >= 15 is 0 Å². The van der Waals surface area contributed by atoms with E-state index in [1.54, 1.807) is 36.3 Å². The average molecular weight is 480 g/mol. The quantitative estimate of drug-likeness (QED) is 0.284. The van der Waals surface area contributed by atoms with Gasteiger partial charge in [0.25, 0.3) is 5.91 Å². The molecule has 1 saturated heterocycles. The van der Waals surface area contributed by atoms with Crippen LogP contribution in [0.5, 0.6) is 23.0 Å². The standard InChI is InChI=1S/C22H22ClNO5S2/c1-4-24-21(25)19(31-22(24)30)12-14-10-17(23)20(18(11-14)27-3)29-9-8-28-16-7-5-6-15(13-16)26-2/h5-7,10-13H,4,8-9H2,1-3H3/b19-12+. The second-order valence-electron chi connectivity index (χ2n) is 6.34. The van der Waals surface area contributed by atoms with Gasteiger partial charge in [0, 0.05) is 12.6 Å². The first-order valence-corrected chi connectivity index (χ1v) is 11.1. The minimum absolute atomic E-state index is 0.109. The Kier molecular flexibility index (Phi) is 8.06. The number of thioether (sulfide) groups is 1. The molecule has 0 aromatic heterocycles. The van der Waals surface area contributed by atoms with E-state index in [0.29, 0.717) is 44.6 Å². The van der Waals surface area contributed by atoms with Gasteiger partial charge in [-0.15, -0.1) is 0 Å². The number of halogens is 1. The first-order valence-electron chi connectivity index (χ1n) is 9.49. The third-order valence-corrected chi connectivity index (χ3v) is 6.04. The van der Waals surface area contributed by atoms with Crippen molar-refractivity contribution in [2.75, 3.05) is 34.0 Å². The Morgan fingerprint density at radius 1 is 1.10 bits per heavy atom. The molecular formula is C22H22ClNO5S2. The molecule has 0 aliphatic carbocycles. The van der Waals surface area contributed by atoms with E-state index in [-0.39, 0.29) is 12.5 Å². The first kappa shape index (κ1) is 23.2. The highest BCUT2D eigenvalue weighted by Gasteiger charge is 2.30. The van der Waals surface area contributed by atoms with Crippen LogP contribution in [-0.4, -0.2) is 49.1 Å². The summed E-state index contributed by atoms with van der Waals surface area (Å²) < 4.78 is 22.7. The minimum atomic E-state index is -0.109. The zero-order chi connectivity index (χ0) is 22.4. The van der Waals surface area contributed by atoms with Gasteiger partial charge < -0.3 is 18.9 Å². The van der Waals surface area contributed by atoms with Gasteiger partial charge in [-0.1, -0.05) is 41.6 Å². The fourth-order valence-corrected chi connectivity index (χ4v) is 4.54. The molecule has 0 saturated carbocycles. The number of likely N-dealkylation sites (N-methyl/N-ethyl adjacent to an activating group) is 1. The number of rotatable bonds is 9. The monoisotopic (exact) mass is 479 g/mol. The van der Waals surface area contributed by atoms with E-state index < -0.39 is 0 Å². The van der Waals surface area contributed by atoms with Gasteiger partial charge in [0.1, 0.15) is 29.0 Å². The van der Waals surface area contributed by atoms with E-state index in [0.717, 1.165) is 11.3 Å². The number of amides is 1. The van der Waals surface area contributed by atoms with Crippen LogP contribution in [0.4, 0.5) is 0 Å². The molecule has 0 spiro atoms. The second kappa shape index (κ2) is 10.7. The van der Waals surface area contributed by atoms with Crippen LogP contribution in [0, 0.1) is 0 Å². The van der Waals surface area contributed by atoms with Gasteiger partial charge in [-0.3, -0.25) is 9.69 Å². The van der Waals surface area contributed by atoms with Crippen molar-refractivity contribution in [2.24, 2.45) is 0 Å². The van der Waals surface area contributed by atoms with E-state index in [1.807, 2.05) is 25.1 Å². The van der Waals surface area contributed by atoms with Gasteiger partial charge in [-0.25, -0.2) is 0 Å². The van der Waals surface area contributed by atoms with Crippen molar-refractivity contribution >= 4 is 51.9 Å². The number of thiocarbonyl (C=S) groups is 1. The summed E-state index contributed by atoms with van der Waals surface area (Å²) in [7, 11) is 3.14. The maximum Gasteiger partial charge on any atom is 0.266 e. The largest absolute Gasteiger partial charge is 0.497 e. The molecule has 0 radical (unpaired) electrons.